The third kappa shape index (κ3) is 4.26. The molecule has 0 radical (unpaired) electrons. The lowest BCUT2D eigenvalue weighted by Crippen LogP contribution is -2.58. The van der Waals surface area contributed by atoms with Crippen molar-refractivity contribution in [3.8, 4) is 0 Å². The summed E-state index contributed by atoms with van der Waals surface area (Å²) in [6.07, 6.45) is -12.6. The lowest BCUT2D eigenvalue weighted by atomic mass is 9.84. The molecule has 1 amide bonds. The molecule has 2 heterocycles. The smallest absolute Gasteiger partial charge is 0.435 e. The lowest BCUT2D eigenvalue weighted by molar-refractivity contribution is -0.276. The number of hydrogen-bond donors (Lipinski definition) is 1. The number of halogens is 9. The zero-order chi connectivity index (χ0) is 26.0. The molecule has 1 unspecified atom stereocenters. The Kier molecular flexibility index (Phi) is 5.91. The van der Waals surface area contributed by atoms with Crippen molar-refractivity contribution in [2.24, 2.45) is 5.16 Å². The van der Waals surface area contributed by atoms with E-state index in [2.05, 4.69) is 5.16 Å². The minimum Gasteiger partial charge on any atom is -0.465 e. The van der Waals surface area contributed by atoms with Crippen molar-refractivity contribution in [1.29, 1.82) is 0 Å². The number of likely N-dealkylation sites (tertiary alicyclic amines) is 1. The monoisotopic (exact) mass is 544 g/mol. The van der Waals surface area contributed by atoms with Gasteiger partial charge in [-0.05, 0) is 23.3 Å². The van der Waals surface area contributed by atoms with Gasteiger partial charge in [0.2, 0.25) is 0 Å². The number of rotatable bonds is 3. The first-order valence-electron chi connectivity index (χ1n) is 9.74. The molecular weight excluding hydrogens is 532 g/mol. The van der Waals surface area contributed by atoms with Crippen LogP contribution in [0.1, 0.15) is 28.7 Å². The van der Waals surface area contributed by atoms with Gasteiger partial charge in [0.15, 0.2) is 5.67 Å². The highest BCUT2D eigenvalue weighted by molar-refractivity contribution is 6.42. The minimum atomic E-state index is -5.20. The molecule has 1 N–H and O–H groups in total. The summed E-state index contributed by atoms with van der Waals surface area (Å²) < 4.78 is 97.4. The Morgan fingerprint density at radius 2 is 1.63 bits per heavy atom. The third-order valence-electron chi connectivity index (χ3n) is 5.87. The van der Waals surface area contributed by atoms with Crippen molar-refractivity contribution >= 4 is 35.0 Å². The van der Waals surface area contributed by atoms with Crippen molar-refractivity contribution in [3.63, 3.8) is 0 Å². The van der Waals surface area contributed by atoms with Gasteiger partial charge in [0.1, 0.15) is 0 Å². The number of oxime groups is 1. The number of hydrogen-bond acceptors (Lipinski definition) is 3. The first-order chi connectivity index (χ1) is 16.1. The molecular formula is C21H13Cl2F7N2O3. The first-order valence-corrected chi connectivity index (χ1v) is 10.5. The van der Waals surface area contributed by atoms with Gasteiger partial charge in [0.05, 0.1) is 34.4 Å². The quantitative estimate of drug-likeness (QED) is 0.434. The summed E-state index contributed by atoms with van der Waals surface area (Å²) in [5.41, 5.74) is -7.75. The Balaban J connectivity index is 1.64. The van der Waals surface area contributed by atoms with E-state index in [1.54, 1.807) is 0 Å². The maximum Gasteiger partial charge on any atom is 0.435 e. The van der Waals surface area contributed by atoms with Crippen LogP contribution in [0.4, 0.5) is 35.5 Å². The minimum absolute atomic E-state index is 0.106. The predicted octanol–water partition coefficient (Wildman–Crippen LogP) is 6.75. The first kappa shape index (κ1) is 25.4. The van der Waals surface area contributed by atoms with Crippen LogP contribution in [-0.4, -0.2) is 41.1 Å². The van der Waals surface area contributed by atoms with Gasteiger partial charge < -0.3 is 14.8 Å². The molecule has 1 atom stereocenters. The van der Waals surface area contributed by atoms with Gasteiger partial charge in [-0.15, -0.1) is 0 Å². The highest BCUT2D eigenvalue weighted by atomic mass is 35.5. The van der Waals surface area contributed by atoms with E-state index in [0.717, 1.165) is 4.90 Å². The van der Waals surface area contributed by atoms with Gasteiger partial charge in [-0.25, -0.2) is 9.18 Å². The largest absolute Gasteiger partial charge is 0.465 e. The van der Waals surface area contributed by atoms with E-state index >= 15 is 0 Å². The maximum atomic E-state index is 14.8. The van der Waals surface area contributed by atoms with Crippen LogP contribution < -0.4 is 0 Å². The average Bonchev–Trinajstić information content (AvgIpc) is 3.19. The van der Waals surface area contributed by atoms with E-state index in [1.807, 2.05) is 0 Å². The number of alkyl halides is 7. The van der Waals surface area contributed by atoms with Gasteiger partial charge in [-0.1, -0.05) is 52.6 Å². The topological polar surface area (TPSA) is 62.1 Å². The molecule has 1 saturated heterocycles. The molecule has 5 nitrogen and oxygen atoms in total. The van der Waals surface area contributed by atoms with Gasteiger partial charge in [-0.3, -0.25) is 0 Å². The molecule has 0 aromatic heterocycles. The number of amides is 1. The molecule has 0 spiro atoms. The molecule has 0 aliphatic carbocycles. The van der Waals surface area contributed by atoms with Crippen molar-refractivity contribution in [2.45, 2.75) is 30.0 Å². The normalized spacial score (nSPS) is 21.9. The van der Waals surface area contributed by atoms with Gasteiger partial charge in [0.25, 0.3) is 5.60 Å². The third-order valence-corrected chi connectivity index (χ3v) is 6.68. The molecule has 2 aromatic rings. The number of carboxylic acid groups (broad SMARTS) is 1. The van der Waals surface area contributed by atoms with Crippen molar-refractivity contribution < 1.29 is 45.5 Å². The zero-order valence-electron chi connectivity index (χ0n) is 17.1. The highest BCUT2D eigenvalue weighted by Gasteiger charge is 2.63. The van der Waals surface area contributed by atoms with Crippen molar-refractivity contribution in [1.82, 2.24) is 4.90 Å². The fourth-order valence-corrected chi connectivity index (χ4v) is 4.36. The van der Waals surface area contributed by atoms with E-state index in [1.165, 1.54) is 24.3 Å². The second kappa shape index (κ2) is 8.16. The van der Waals surface area contributed by atoms with Crippen LogP contribution in [0.2, 0.25) is 10.0 Å². The Morgan fingerprint density at radius 3 is 2.14 bits per heavy atom. The number of benzene rings is 2. The maximum absolute atomic E-state index is 14.8. The van der Waals surface area contributed by atoms with Crippen molar-refractivity contribution in [2.75, 3.05) is 13.1 Å². The van der Waals surface area contributed by atoms with Crippen LogP contribution >= 0.6 is 23.2 Å². The van der Waals surface area contributed by atoms with Crippen LogP contribution in [0.25, 0.3) is 0 Å². The summed E-state index contributed by atoms with van der Waals surface area (Å²) in [5.74, 6) is 0. The molecule has 2 aliphatic heterocycles. The Hall–Kier alpha value is -2.73. The summed E-state index contributed by atoms with van der Waals surface area (Å²) in [5, 5.41) is 10.6. The van der Waals surface area contributed by atoms with E-state index in [4.69, 9.17) is 33.1 Å². The van der Waals surface area contributed by atoms with Crippen LogP contribution in [-0.2, 0) is 22.3 Å². The Labute approximate surface area is 202 Å². The van der Waals surface area contributed by atoms with Gasteiger partial charge in [-0.2, -0.15) is 26.3 Å². The van der Waals surface area contributed by atoms with Crippen LogP contribution in [0.3, 0.4) is 0 Å². The van der Waals surface area contributed by atoms with Crippen molar-refractivity contribution in [3.05, 3.63) is 68.7 Å². The van der Waals surface area contributed by atoms with Gasteiger partial charge in [0, 0.05) is 12.0 Å². The molecule has 4 rings (SSSR count). The standard InChI is InChI=1S/C21H13Cl2F7N2O3/c22-14-6-12(5-13(16(14)23)20(25,26)27)19(21(28,29)30)7-15(31-35-19)10-1-3-11(4-2-10)18(24)8-32(9-18)17(33)34/h1-6H,7-9H2,(H,33,34). The molecule has 14 heteroatoms. The highest BCUT2D eigenvalue weighted by Crippen LogP contribution is 2.51. The SMILES string of the molecule is O=C(O)N1CC(F)(c2ccc(C3=NOC(c4cc(Cl)c(Cl)c(C(F)(F)F)c4)(C(F)(F)F)C3)cc2)C1. The van der Waals surface area contributed by atoms with E-state index in [9.17, 15) is 35.5 Å². The molecule has 35 heavy (non-hydrogen) atoms. The summed E-state index contributed by atoms with van der Waals surface area (Å²) in [7, 11) is 0. The lowest BCUT2D eigenvalue weighted by Gasteiger charge is -2.42. The van der Waals surface area contributed by atoms with Crippen LogP contribution in [0.15, 0.2) is 41.6 Å². The Bertz CT molecular complexity index is 1210. The fraction of sp³-hybridized carbons (Fsp3) is 0.333. The van der Waals surface area contributed by atoms with E-state index < -0.39 is 70.4 Å². The molecule has 0 saturated carbocycles. The fourth-order valence-electron chi connectivity index (χ4n) is 3.92. The zero-order valence-corrected chi connectivity index (χ0v) is 18.7. The van der Waals surface area contributed by atoms with Crippen LogP contribution in [0.5, 0.6) is 0 Å². The molecule has 2 aromatic carbocycles. The van der Waals surface area contributed by atoms with Crippen LogP contribution in [0, 0.1) is 0 Å². The summed E-state index contributed by atoms with van der Waals surface area (Å²) in [4.78, 5) is 16.5. The molecule has 0 bridgehead atoms. The second-order valence-electron chi connectivity index (χ2n) is 8.13. The predicted molar refractivity (Wildman–Crippen MR) is 110 cm³/mol. The molecule has 1 fully saturated rings. The Morgan fingerprint density at radius 1 is 1.03 bits per heavy atom. The summed E-state index contributed by atoms with van der Waals surface area (Å²) in [6, 6.07) is 5.94. The summed E-state index contributed by atoms with van der Waals surface area (Å²) in [6.45, 7) is -0.802. The van der Waals surface area contributed by atoms with E-state index in [-0.39, 0.29) is 22.9 Å². The summed E-state index contributed by atoms with van der Waals surface area (Å²) >= 11 is 11.3. The number of nitrogens with zero attached hydrogens (tertiary/aromatic N) is 2. The number of carbonyl (C=O) groups is 1. The molecule has 2 aliphatic rings. The van der Waals surface area contributed by atoms with Gasteiger partial charge >= 0.3 is 18.4 Å². The second-order valence-corrected chi connectivity index (χ2v) is 8.91. The molecule has 188 valence electrons. The average molecular weight is 545 g/mol. The van der Waals surface area contributed by atoms with E-state index in [0.29, 0.717) is 6.07 Å².